The van der Waals surface area contributed by atoms with Crippen LogP contribution in [0.25, 0.3) is 0 Å². The number of methoxy groups -OCH3 is 1. The molecule has 0 amide bonds. The molecule has 0 saturated carbocycles. The molecule has 2 aromatic carbocycles. The Kier molecular flexibility index (Phi) is 3.87. The lowest BCUT2D eigenvalue weighted by atomic mass is 10.0. The maximum absolute atomic E-state index is 11.5. The summed E-state index contributed by atoms with van der Waals surface area (Å²) in [5.41, 5.74) is 1.65. The van der Waals surface area contributed by atoms with Gasteiger partial charge in [0.25, 0.3) is 0 Å². The second kappa shape index (κ2) is 5.42. The second-order valence-electron chi connectivity index (χ2n) is 4.18. The molecule has 2 aromatic rings. The third kappa shape index (κ3) is 3.33. The van der Waals surface area contributed by atoms with Crippen molar-refractivity contribution in [3.63, 3.8) is 0 Å². The lowest BCUT2D eigenvalue weighted by Gasteiger charge is -2.08. The number of benzene rings is 2. The summed E-state index contributed by atoms with van der Waals surface area (Å²) in [6.45, 7) is 0. The van der Waals surface area contributed by atoms with Gasteiger partial charge in [-0.25, -0.2) is 13.6 Å². The van der Waals surface area contributed by atoms with E-state index in [1.165, 1.54) is 6.07 Å². The van der Waals surface area contributed by atoms with E-state index in [-0.39, 0.29) is 4.90 Å². The Bertz CT molecular complexity index is 681. The predicted molar refractivity (Wildman–Crippen MR) is 73.6 cm³/mol. The molecule has 0 aliphatic carbocycles. The zero-order valence-electron chi connectivity index (χ0n) is 10.5. The Morgan fingerprint density at radius 2 is 1.84 bits per heavy atom. The summed E-state index contributed by atoms with van der Waals surface area (Å²) in [7, 11) is -2.11. The van der Waals surface area contributed by atoms with Crippen molar-refractivity contribution in [2.24, 2.45) is 5.14 Å². The molecule has 0 saturated heterocycles. The molecular weight excluding hydrogens is 262 g/mol. The summed E-state index contributed by atoms with van der Waals surface area (Å²) >= 11 is 0. The quantitative estimate of drug-likeness (QED) is 0.928. The number of rotatable bonds is 4. The van der Waals surface area contributed by atoms with Crippen LogP contribution in [-0.2, 0) is 16.4 Å². The third-order valence-corrected chi connectivity index (χ3v) is 3.82. The molecule has 0 unspecified atom stereocenters. The van der Waals surface area contributed by atoms with Gasteiger partial charge in [0.1, 0.15) is 5.75 Å². The summed E-state index contributed by atoms with van der Waals surface area (Å²) in [6, 6.07) is 14.2. The molecule has 19 heavy (non-hydrogen) atoms. The minimum Gasteiger partial charge on any atom is -0.497 e. The van der Waals surface area contributed by atoms with Crippen LogP contribution in [0, 0.1) is 0 Å². The average Bonchev–Trinajstić information content (AvgIpc) is 2.38. The van der Waals surface area contributed by atoms with Crippen LogP contribution >= 0.6 is 0 Å². The third-order valence-electron chi connectivity index (χ3n) is 2.81. The number of sulfonamides is 1. The van der Waals surface area contributed by atoms with Gasteiger partial charge in [-0.15, -0.1) is 0 Å². The van der Waals surface area contributed by atoms with Gasteiger partial charge in [-0.2, -0.15) is 0 Å². The molecule has 0 aliphatic rings. The van der Waals surface area contributed by atoms with Gasteiger partial charge < -0.3 is 4.74 Å². The number of nitrogens with two attached hydrogens (primary N) is 1. The second-order valence-corrected chi connectivity index (χ2v) is 5.71. The van der Waals surface area contributed by atoms with Gasteiger partial charge in [0, 0.05) is 0 Å². The Hall–Kier alpha value is -1.85. The van der Waals surface area contributed by atoms with Crippen LogP contribution in [-0.4, -0.2) is 15.5 Å². The fraction of sp³-hybridized carbons (Fsp3) is 0.143. The molecule has 0 spiro atoms. The highest BCUT2D eigenvalue weighted by molar-refractivity contribution is 7.89. The number of hydrogen-bond acceptors (Lipinski definition) is 3. The minimum absolute atomic E-state index is 0.165. The topological polar surface area (TPSA) is 69.4 Å². The highest BCUT2D eigenvalue weighted by Crippen LogP contribution is 2.20. The first-order valence-electron chi connectivity index (χ1n) is 5.74. The van der Waals surface area contributed by atoms with Gasteiger partial charge in [0.15, 0.2) is 0 Å². The lowest BCUT2D eigenvalue weighted by molar-refractivity contribution is 0.414. The van der Waals surface area contributed by atoms with Crippen molar-refractivity contribution < 1.29 is 13.2 Å². The Balaban J connectivity index is 2.38. The standard InChI is InChI=1S/C14H15NO3S/c1-18-13-7-4-5-11(10-13)9-12-6-2-3-8-14(12)19(15,16)17/h2-8,10H,9H2,1H3,(H2,15,16,17). The van der Waals surface area contributed by atoms with Crippen LogP contribution in [0.1, 0.15) is 11.1 Å². The maximum atomic E-state index is 11.5. The molecule has 4 nitrogen and oxygen atoms in total. The first-order chi connectivity index (χ1) is 9.00. The van der Waals surface area contributed by atoms with Crippen molar-refractivity contribution in [2.75, 3.05) is 7.11 Å². The summed E-state index contributed by atoms with van der Waals surface area (Å²) in [5, 5.41) is 5.21. The molecule has 2 N–H and O–H groups in total. The molecule has 0 aromatic heterocycles. The van der Waals surface area contributed by atoms with Crippen LogP contribution < -0.4 is 9.88 Å². The van der Waals surface area contributed by atoms with Gasteiger partial charge in [-0.3, -0.25) is 0 Å². The molecule has 0 fully saturated rings. The molecule has 0 heterocycles. The fourth-order valence-corrected chi connectivity index (χ4v) is 2.70. The monoisotopic (exact) mass is 277 g/mol. The van der Waals surface area contributed by atoms with Gasteiger partial charge >= 0.3 is 0 Å². The molecule has 2 rings (SSSR count). The van der Waals surface area contributed by atoms with E-state index in [2.05, 4.69) is 0 Å². The van der Waals surface area contributed by atoms with E-state index in [0.29, 0.717) is 12.0 Å². The molecule has 0 atom stereocenters. The van der Waals surface area contributed by atoms with Crippen molar-refractivity contribution in [1.29, 1.82) is 0 Å². The van der Waals surface area contributed by atoms with Crippen molar-refractivity contribution in [3.05, 3.63) is 59.7 Å². The molecular formula is C14H15NO3S. The largest absolute Gasteiger partial charge is 0.497 e. The summed E-state index contributed by atoms with van der Waals surface area (Å²) in [4.78, 5) is 0.165. The summed E-state index contributed by atoms with van der Waals surface area (Å²) in [5.74, 6) is 0.741. The van der Waals surface area contributed by atoms with E-state index in [0.717, 1.165) is 11.3 Å². The van der Waals surface area contributed by atoms with Crippen molar-refractivity contribution in [1.82, 2.24) is 0 Å². The summed E-state index contributed by atoms with van der Waals surface area (Å²) in [6.07, 6.45) is 0.490. The van der Waals surface area contributed by atoms with Crippen LogP contribution in [0.15, 0.2) is 53.4 Å². The van der Waals surface area contributed by atoms with E-state index >= 15 is 0 Å². The van der Waals surface area contributed by atoms with Crippen molar-refractivity contribution in [3.8, 4) is 5.75 Å². The number of ether oxygens (including phenoxy) is 1. The van der Waals surface area contributed by atoms with E-state index < -0.39 is 10.0 Å². The zero-order chi connectivity index (χ0) is 13.9. The van der Waals surface area contributed by atoms with Crippen LogP contribution in [0.3, 0.4) is 0 Å². The zero-order valence-corrected chi connectivity index (χ0v) is 11.4. The minimum atomic E-state index is -3.70. The van der Waals surface area contributed by atoms with Gasteiger partial charge in [0.2, 0.25) is 10.0 Å². The van der Waals surface area contributed by atoms with Gasteiger partial charge in [0.05, 0.1) is 12.0 Å². The molecule has 5 heteroatoms. The van der Waals surface area contributed by atoms with E-state index in [1.54, 1.807) is 25.3 Å². The molecule has 0 radical (unpaired) electrons. The van der Waals surface area contributed by atoms with E-state index in [9.17, 15) is 8.42 Å². The predicted octanol–water partition coefficient (Wildman–Crippen LogP) is 1.93. The normalized spacial score (nSPS) is 11.3. The van der Waals surface area contributed by atoms with E-state index in [4.69, 9.17) is 9.88 Å². The van der Waals surface area contributed by atoms with E-state index in [1.807, 2.05) is 24.3 Å². The molecule has 0 aliphatic heterocycles. The number of hydrogen-bond donors (Lipinski definition) is 1. The Morgan fingerprint density at radius 1 is 1.11 bits per heavy atom. The number of primary sulfonamides is 1. The summed E-state index contributed by atoms with van der Waals surface area (Å²) < 4.78 is 28.2. The smallest absolute Gasteiger partial charge is 0.238 e. The fourth-order valence-electron chi connectivity index (χ4n) is 1.93. The maximum Gasteiger partial charge on any atom is 0.238 e. The van der Waals surface area contributed by atoms with Crippen molar-refractivity contribution >= 4 is 10.0 Å². The van der Waals surface area contributed by atoms with Crippen molar-refractivity contribution in [2.45, 2.75) is 11.3 Å². The van der Waals surface area contributed by atoms with Gasteiger partial charge in [-0.1, -0.05) is 30.3 Å². The van der Waals surface area contributed by atoms with Crippen LogP contribution in [0.5, 0.6) is 5.75 Å². The first kappa shape index (κ1) is 13.6. The van der Waals surface area contributed by atoms with Gasteiger partial charge in [-0.05, 0) is 35.7 Å². The van der Waals surface area contributed by atoms with Crippen LogP contribution in [0.2, 0.25) is 0 Å². The highest BCUT2D eigenvalue weighted by atomic mass is 32.2. The Labute approximate surface area is 112 Å². The average molecular weight is 277 g/mol. The van der Waals surface area contributed by atoms with Crippen LogP contribution in [0.4, 0.5) is 0 Å². The lowest BCUT2D eigenvalue weighted by Crippen LogP contribution is -2.14. The Morgan fingerprint density at radius 3 is 2.53 bits per heavy atom. The molecule has 0 bridgehead atoms. The molecule has 100 valence electrons. The highest BCUT2D eigenvalue weighted by Gasteiger charge is 2.13. The first-order valence-corrected chi connectivity index (χ1v) is 7.29. The SMILES string of the molecule is COc1cccc(Cc2ccccc2S(N)(=O)=O)c1.